The SMILES string of the molecule is CCOc1cccc(F)c1-c1csc(-c2c(C)nn3ccccc23)n1. The van der Waals surface area contributed by atoms with Gasteiger partial charge in [-0.1, -0.05) is 12.1 Å². The molecule has 126 valence electrons. The van der Waals surface area contributed by atoms with Crippen LogP contribution in [-0.2, 0) is 0 Å². The van der Waals surface area contributed by atoms with Crippen molar-refractivity contribution in [1.82, 2.24) is 14.6 Å². The van der Waals surface area contributed by atoms with E-state index in [-0.39, 0.29) is 5.82 Å². The van der Waals surface area contributed by atoms with Crippen LogP contribution in [0.1, 0.15) is 12.6 Å². The number of hydrogen-bond donors (Lipinski definition) is 0. The summed E-state index contributed by atoms with van der Waals surface area (Å²) in [5, 5.41) is 7.20. The van der Waals surface area contributed by atoms with Gasteiger partial charge in [0.2, 0.25) is 0 Å². The molecular formula is C19H16FN3OS. The van der Waals surface area contributed by atoms with Crippen LogP contribution in [0, 0.1) is 12.7 Å². The Bertz CT molecular complexity index is 1050. The summed E-state index contributed by atoms with van der Waals surface area (Å²) in [6, 6.07) is 10.7. The lowest BCUT2D eigenvalue weighted by molar-refractivity contribution is 0.340. The molecule has 0 aliphatic rings. The van der Waals surface area contributed by atoms with Gasteiger partial charge in [0.15, 0.2) is 0 Å². The van der Waals surface area contributed by atoms with Crippen LogP contribution in [-0.4, -0.2) is 21.2 Å². The van der Waals surface area contributed by atoms with Crippen LogP contribution in [0.25, 0.3) is 27.3 Å². The molecule has 6 heteroatoms. The molecule has 0 unspecified atom stereocenters. The van der Waals surface area contributed by atoms with Crippen LogP contribution in [0.2, 0.25) is 0 Å². The smallest absolute Gasteiger partial charge is 0.136 e. The fraction of sp³-hybridized carbons (Fsp3) is 0.158. The summed E-state index contributed by atoms with van der Waals surface area (Å²) < 4.78 is 21.8. The molecule has 0 saturated carbocycles. The van der Waals surface area contributed by atoms with E-state index in [1.54, 1.807) is 12.1 Å². The third kappa shape index (κ3) is 2.68. The number of fused-ring (bicyclic) bond motifs is 1. The van der Waals surface area contributed by atoms with Gasteiger partial charge >= 0.3 is 0 Å². The van der Waals surface area contributed by atoms with E-state index in [9.17, 15) is 4.39 Å². The minimum absolute atomic E-state index is 0.334. The third-order valence-electron chi connectivity index (χ3n) is 3.96. The first-order valence-electron chi connectivity index (χ1n) is 8.00. The Hall–Kier alpha value is -2.73. The van der Waals surface area contributed by atoms with Gasteiger partial charge in [0.1, 0.15) is 16.6 Å². The standard InChI is InChI=1S/C19H16FN3OS/c1-3-24-16-9-6-7-13(20)18(16)14-11-25-19(21-14)17-12(2)22-23-10-5-4-8-15(17)23/h4-11H,3H2,1-2H3. The van der Waals surface area contributed by atoms with Gasteiger partial charge in [-0.2, -0.15) is 5.10 Å². The number of pyridine rings is 1. The highest BCUT2D eigenvalue weighted by atomic mass is 32.1. The van der Waals surface area contributed by atoms with Gasteiger partial charge in [-0.25, -0.2) is 13.9 Å². The molecular weight excluding hydrogens is 337 g/mol. The van der Waals surface area contributed by atoms with Crippen molar-refractivity contribution in [2.75, 3.05) is 6.61 Å². The second-order valence-electron chi connectivity index (χ2n) is 5.57. The zero-order valence-corrected chi connectivity index (χ0v) is 14.7. The predicted octanol–water partition coefficient (Wildman–Crippen LogP) is 4.97. The van der Waals surface area contributed by atoms with Gasteiger partial charge in [-0.05, 0) is 38.1 Å². The van der Waals surface area contributed by atoms with Gasteiger partial charge < -0.3 is 4.74 Å². The molecule has 4 rings (SSSR count). The first kappa shape index (κ1) is 15.8. The van der Waals surface area contributed by atoms with Gasteiger partial charge in [0.25, 0.3) is 0 Å². The van der Waals surface area contributed by atoms with E-state index in [0.29, 0.717) is 23.6 Å². The van der Waals surface area contributed by atoms with E-state index in [1.165, 1.54) is 17.4 Å². The lowest BCUT2D eigenvalue weighted by atomic mass is 10.1. The molecule has 0 radical (unpaired) electrons. The van der Waals surface area contributed by atoms with Crippen molar-refractivity contribution in [2.45, 2.75) is 13.8 Å². The van der Waals surface area contributed by atoms with Crippen molar-refractivity contribution < 1.29 is 9.13 Å². The fourth-order valence-corrected chi connectivity index (χ4v) is 3.83. The summed E-state index contributed by atoms with van der Waals surface area (Å²) in [6.45, 7) is 4.31. The number of aromatic nitrogens is 3. The first-order valence-corrected chi connectivity index (χ1v) is 8.88. The Morgan fingerprint density at radius 1 is 1.16 bits per heavy atom. The van der Waals surface area contributed by atoms with Crippen molar-refractivity contribution in [3.8, 4) is 27.6 Å². The molecule has 0 N–H and O–H groups in total. The Kier molecular flexibility index (Phi) is 3.97. The lowest BCUT2D eigenvalue weighted by Crippen LogP contribution is -1.96. The highest BCUT2D eigenvalue weighted by Crippen LogP contribution is 2.37. The number of halogens is 1. The summed E-state index contributed by atoms with van der Waals surface area (Å²) in [6.07, 6.45) is 1.91. The average Bonchev–Trinajstić information content (AvgIpc) is 3.18. The molecule has 25 heavy (non-hydrogen) atoms. The number of rotatable bonds is 4. The highest BCUT2D eigenvalue weighted by molar-refractivity contribution is 7.13. The van der Waals surface area contributed by atoms with Crippen LogP contribution in [0.3, 0.4) is 0 Å². The van der Waals surface area contributed by atoms with Crippen LogP contribution in [0.5, 0.6) is 5.75 Å². The quantitative estimate of drug-likeness (QED) is 0.520. The van der Waals surface area contributed by atoms with E-state index in [0.717, 1.165) is 21.8 Å². The van der Waals surface area contributed by atoms with E-state index >= 15 is 0 Å². The van der Waals surface area contributed by atoms with Crippen LogP contribution in [0.15, 0.2) is 48.0 Å². The molecule has 0 saturated heterocycles. The number of aryl methyl sites for hydroxylation is 1. The molecule has 3 heterocycles. The summed E-state index contributed by atoms with van der Waals surface area (Å²) in [5.74, 6) is 0.176. The molecule has 0 spiro atoms. The van der Waals surface area contributed by atoms with Gasteiger partial charge in [0, 0.05) is 11.6 Å². The molecule has 4 nitrogen and oxygen atoms in total. The predicted molar refractivity (Wildman–Crippen MR) is 97.6 cm³/mol. The third-order valence-corrected chi connectivity index (χ3v) is 4.82. The molecule has 0 atom stereocenters. The Morgan fingerprint density at radius 3 is 2.88 bits per heavy atom. The molecule has 4 aromatic rings. The largest absolute Gasteiger partial charge is 0.493 e. The van der Waals surface area contributed by atoms with Crippen LogP contribution < -0.4 is 4.74 Å². The number of ether oxygens (including phenoxy) is 1. The monoisotopic (exact) mass is 353 g/mol. The van der Waals surface area contributed by atoms with E-state index < -0.39 is 0 Å². The molecule has 0 bridgehead atoms. The normalized spacial score (nSPS) is 11.2. The minimum atomic E-state index is -0.334. The minimum Gasteiger partial charge on any atom is -0.493 e. The first-order chi connectivity index (χ1) is 12.2. The Balaban J connectivity index is 1.85. The van der Waals surface area contributed by atoms with Crippen molar-refractivity contribution in [1.29, 1.82) is 0 Å². The lowest BCUT2D eigenvalue weighted by Gasteiger charge is -2.08. The number of nitrogens with zero attached hydrogens (tertiary/aromatic N) is 3. The molecule has 0 aliphatic heterocycles. The molecule has 3 aromatic heterocycles. The molecule has 0 amide bonds. The van der Waals surface area contributed by atoms with Crippen LogP contribution >= 0.6 is 11.3 Å². The van der Waals surface area contributed by atoms with E-state index in [4.69, 9.17) is 4.74 Å². The zero-order valence-electron chi connectivity index (χ0n) is 13.9. The van der Waals surface area contributed by atoms with Crippen molar-refractivity contribution in [2.24, 2.45) is 0 Å². The highest BCUT2D eigenvalue weighted by Gasteiger charge is 2.19. The van der Waals surface area contributed by atoms with Gasteiger partial charge in [-0.3, -0.25) is 0 Å². The van der Waals surface area contributed by atoms with Crippen molar-refractivity contribution in [3.63, 3.8) is 0 Å². The van der Waals surface area contributed by atoms with E-state index in [2.05, 4.69) is 10.1 Å². The molecule has 0 fully saturated rings. The summed E-state index contributed by atoms with van der Waals surface area (Å²) in [7, 11) is 0. The topological polar surface area (TPSA) is 39.4 Å². The molecule has 0 aliphatic carbocycles. The second-order valence-corrected chi connectivity index (χ2v) is 6.43. The zero-order chi connectivity index (χ0) is 17.4. The number of benzene rings is 1. The number of hydrogen-bond acceptors (Lipinski definition) is 4. The molecule has 1 aromatic carbocycles. The second kappa shape index (κ2) is 6.29. The maximum atomic E-state index is 14.4. The maximum absolute atomic E-state index is 14.4. The summed E-state index contributed by atoms with van der Waals surface area (Å²) in [4.78, 5) is 4.68. The number of thiazole rings is 1. The van der Waals surface area contributed by atoms with Crippen molar-refractivity contribution >= 4 is 16.9 Å². The van der Waals surface area contributed by atoms with Crippen molar-refractivity contribution in [3.05, 3.63) is 59.5 Å². The Morgan fingerprint density at radius 2 is 2.04 bits per heavy atom. The summed E-state index contributed by atoms with van der Waals surface area (Å²) >= 11 is 1.48. The fourth-order valence-electron chi connectivity index (χ4n) is 2.91. The summed E-state index contributed by atoms with van der Waals surface area (Å²) in [5.41, 5.74) is 3.84. The average molecular weight is 353 g/mol. The van der Waals surface area contributed by atoms with Crippen LogP contribution in [0.4, 0.5) is 4.39 Å². The van der Waals surface area contributed by atoms with E-state index in [1.807, 2.05) is 48.1 Å². The van der Waals surface area contributed by atoms with Gasteiger partial charge in [-0.15, -0.1) is 11.3 Å². The maximum Gasteiger partial charge on any atom is 0.136 e. The Labute approximate surface area is 148 Å². The van der Waals surface area contributed by atoms with Gasteiger partial charge in [0.05, 0.1) is 34.6 Å².